The van der Waals surface area contributed by atoms with E-state index >= 15 is 0 Å². The van der Waals surface area contributed by atoms with Gasteiger partial charge in [0.05, 0.1) is 19.7 Å². The van der Waals surface area contributed by atoms with Gasteiger partial charge < -0.3 is 27.2 Å². The minimum atomic E-state index is -1.42. The van der Waals surface area contributed by atoms with Crippen LogP contribution in [0.2, 0.25) is 0 Å². The lowest BCUT2D eigenvalue weighted by atomic mass is 10.0. The molecule has 0 aliphatic carbocycles. The Bertz CT molecular complexity index is 1160. The van der Waals surface area contributed by atoms with Crippen molar-refractivity contribution in [1.82, 2.24) is 14.5 Å². The molecule has 11 nitrogen and oxygen atoms in total. The first-order valence-electron chi connectivity index (χ1n) is 11.3. The fraction of sp³-hybridized carbons (Fsp3) is 0.417. The van der Waals surface area contributed by atoms with Gasteiger partial charge in [0.15, 0.2) is 0 Å². The first kappa shape index (κ1) is 26.1. The number of aromatic nitrogens is 2. The molecule has 35 heavy (non-hydrogen) atoms. The second-order valence-electron chi connectivity index (χ2n) is 8.75. The Morgan fingerprint density at radius 2 is 1.80 bits per heavy atom. The second-order valence-corrected chi connectivity index (χ2v) is 8.75. The van der Waals surface area contributed by atoms with Crippen molar-refractivity contribution in [2.24, 2.45) is 11.5 Å². The second kappa shape index (κ2) is 11.7. The van der Waals surface area contributed by atoms with E-state index in [1.165, 1.54) is 48.0 Å². The number of hydrogen-bond acceptors (Lipinski definition) is 8. The van der Waals surface area contributed by atoms with Gasteiger partial charge in [-0.2, -0.15) is 4.98 Å². The van der Waals surface area contributed by atoms with Crippen LogP contribution in [0, 0.1) is 11.8 Å². The van der Waals surface area contributed by atoms with Crippen molar-refractivity contribution in [1.29, 1.82) is 0 Å². The molecule has 7 N–H and O–H groups in total. The van der Waals surface area contributed by atoms with Crippen LogP contribution in [0.5, 0.6) is 0 Å². The number of likely N-dealkylation sites (tertiary alicyclic amines) is 1. The zero-order chi connectivity index (χ0) is 25.4. The Morgan fingerprint density at radius 1 is 1.14 bits per heavy atom. The summed E-state index contributed by atoms with van der Waals surface area (Å²) in [5, 5.41) is 14.3. The molecule has 2 aromatic rings. The van der Waals surface area contributed by atoms with Crippen LogP contribution < -0.4 is 27.8 Å². The molecule has 1 fully saturated rings. The number of aliphatic hydroxyl groups is 1. The summed E-state index contributed by atoms with van der Waals surface area (Å²) in [6.07, 6.45) is 3.47. The van der Waals surface area contributed by atoms with E-state index in [0.717, 1.165) is 25.9 Å². The van der Waals surface area contributed by atoms with E-state index in [9.17, 15) is 14.4 Å². The van der Waals surface area contributed by atoms with E-state index in [0.29, 0.717) is 17.8 Å². The van der Waals surface area contributed by atoms with Gasteiger partial charge in [-0.05, 0) is 50.1 Å². The van der Waals surface area contributed by atoms with Crippen LogP contribution in [-0.4, -0.2) is 69.2 Å². The molecule has 0 bridgehead atoms. The fourth-order valence-electron chi connectivity index (χ4n) is 3.28. The number of nitrogens with one attached hydrogen (secondary N) is 2. The maximum absolute atomic E-state index is 12.5. The van der Waals surface area contributed by atoms with Gasteiger partial charge in [0.25, 0.3) is 5.91 Å². The topological polar surface area (TPSA) is 169 Å². The third kappa shape index (κ3) is 7.46. The zero-order valence-corrected chi connectivity index (χ0v) is 19.7. The normalized spacial score (nSPS) is 16.0. The summed E-state index contributed by atoms with van der Waals surface area (Å²) in [5.41, 5.74) is 10.4. The van der Waals surface area contributed by atoms with Crippen molar-refractivity contribution < 1.29 is 14.7 Å². The fourth-order valence-corrected chi connectivity index (χ4v) is 3.28. The standard InChI is InChI=1S/C24H31N7O4/c1-24(26,16-32)22(34)27-19-6-4-17(5-7-19)21(33)28-20-10-15-31(23(35)29-20)12-3-2-11-30-13-8-18(25)9-14-30/h4-7,10,15,18,32H,8-9,11-14,16,25-26H2,1H3,(H,27,34)(H,28,29,33,35). The number of hydrogen-bond donors (Lipinski definition) is 5. The molecule has 0 spiro atoms. The summed E-state index contributed by atoms with van der Waals surface area (Å²) < 4.78 is 1.36. The number of rotatable bonds is 7. The predicted molar refractivity (Wildman–Crippen MR) is 133 cm³/mol. The highest BCUT2D eigenvalue weighted by molar-refractivity contribution is 6.04. The summed E-state index contributed by atoms with van der Waals surface area (Å²) >= 11 is 0. The molecule has 0 saturated carbocycles. The van der Waals surface area contributed by atoms with Gasteiger partial charge in [-0.15, -0.1) is 0 Å². The Kier molecular flexibility index (Phi) is 8.73. The third-order valence-corrected chi connectivity index (χ3v) is 5.68. The zero-order valence-electron chi connectivity index (χ0n) is 19.7. The molecule has 3 rings (SSSR count). The SMILES string of the molecule is CC(N)(CO)C(=O)Nc1ccc(C(=O)Nc2ccn(CC#CCN3CCC(N)CC3)c(=O)n2)cc1. The smallest absolute Gasteiger partial charge is 0.350 e. The highest BCUT2D eigenvalue weighted by Crippen LogP contribution is 2.13. The van der Waals surface area contributed by atoms with Crippen LogP contribution >= 0.6 is 0 Å². The lowest BCUT2D eigenvalue weighted by molar-refractivity contribution is -0.121. The number of carbonyl (C=O) groups excluding carboxylic acids is 2. The molecular weight excluding hydrogens is 450 g/mol. The summed E-state index contributed by atoms with van der Waals surface area (Å²) in [5.74, 6) is 5.15. The van der Waals surface area contributed by atoms with Crippen LogP contribution in [0.25, 0.3) is 0 Å². The quantitative estimate of drug-likeness (QED) is 0.332. The van der Waals surface area contributed by atoms with Crippen molar-refractivity contribution in [2.45, 2.75) is 37.9 Å². The molecule has 1 atom stereocenters. The number of aliphatic hydroxyl groups excluding tert-OH is 1. The number of nitrogens with two attached hydrogens (primary N) is 2. The maximum Gasteiger partial charge on any atom is 0.350 e. The molecule has 0 radical (unpaired) electrons. The summed E-state index contributed by atoms with van der Waals surface area (Å²) in [6.45, 7) is 3.60. The van der Waals surface area contributed by atoms with Crippen molar-refractivity contribution in [3.8, 4) is 11.8 Å². The van der Waals surface area contributed by atoms with Crippen LogP contribution in [0.1, 0.15) is 30.1 Å². The van der Waals surface area contributed by atoms with E-state index in [4.69, 9.17) is 16.6 Å². The highest BCUT2D eigenvalue weighted by atomic mass is 16.3. The van der Waals surface area contributed by atoms with Gasteiger partial charge in [-0.3, -0.25) is 19.1 Å². The Morgan fingerprint density at radius 3 is 2.43 bits per heavy atom. The van der Waals surface area contributed by atoms with Crippen molar-refractivity contribution in [3.63, 3.8) is 0 Å². The van der Waals surface area contributed by atoms with Crippen LogP contribution in [-0.2, 0) is 11.3 Å². The number of carbonyl (C=O) groups is 2. The minimum Gasteiger partial charge on any atom is -0.394 e. The molecule has 1 saturated heterocycles. The molecule has 11 heteroatoms. The molecule has 1 aliphatic rings. The maximum atomic E-state index is 12.5. The van der Waals surface area contributed by atoms with Gasteiger partial charge >= 0.3 is 5.69 Å². The summed E-state index contributed by atoms with van der Waals surface area (Å²) in [4.78, 5) is 42.9. The van der Waals surface area contributed by atoms with E-state index in [-0.39, 0.29) is 18.4 Å². The van der Waals surface area contributed by atoms with Crippen molar-refractivity contribution >= 4 is 23.3 Å². The first-order chi connectivity index (χ1) is 16.7. The molecule has 1 unspecified atom stereocenters. The first-order valence-corrected chi connectivity index (χ1v) is 11.3. The third-order valence-electron chi connectivity index (χ3n) is 5.68. The van der Waals surface area contributed by atoms with E-state index in [1.54, 1.807) is 0 Å². The monoisotopic (exact) mass is 481 g/mol. The van der Waals surface area contributed by atoms with Crippen molar-refractivity contribution in [2.75, 3.05) is 36.9 Å². The van der Waals surface area contributed by atoms with Gasteiger partial charge in [0.1, 0.15) is 11.4 Å². The van der Waals surface area contributed by atoms with Crippen LogP contribution in [0.3, 0.4) is 0 Å². The Labute approximate surface area is 203 Å². The molecule has 1 aromatic heterocycles. The highest BCUT2D eigenvalue weighted by Gasteiger charge is 2.27. The van der Waals surface area contributed by atoms with E-state index in [1.807, 2.05) is 0 Å². The molecular formula is C24H31N7O4. The molecule has 1 aromatic carbocycles. The summed E-state index contributed by atoms with van der Waals surface area (Å²) in [6, 6.07) is 7.87. The van der Waals surface area contributed by atoms with Gasteiger partial charge in [0, 0.05) is 36.6 Å². The number of piperidine rings is 1. The number of benzene rings is 1. The number of nitrogens with zero attached hydrogens (tertiary/aromatic N) is 3. The lowest BCUT2D eigenvalue weighted by Gasteiger charge is -2.28. The van der Waals surface area contributed by atoms with Crippen LogP contribution in [0.15, 0.2) is 41.3 Å². The largest absolute Gasteiger partial charge is 0.394 e. The number of anilines is 2. The van der Waals surface area contributed by atoms with E-state index in [2.05, 4.69) is 32.4 Å². The molecule has 2 heterocycles. The lowest BCUT2D eigenvalue weighted by Crippen LogP contribution is -2.51. The van der Waals surface area contributed by atoms with Gasteiger partial charge in [-0.1, -0.05) is 11.8 Å². The Balaban J connectivity index is 1.53. The molecule has 1 aliphatic heterocycles. The molecule has 2 amide bonds. The number of amides is 2. The van der Waals surface area contributed by atoms with E-state index < -0.39 is 29.6 Å². The average molecular weight is 482 g/mol. The Hall–Kier alpha value is -3.56. The molecule has 186 valence electrons. The van der Waals surface area contributed by atoms with Gasteiger partial charge in [-0.25, -0.2) is 4.79 Å². The average Bonchev–Trinajstić information content (AvgIpc) is 2.84. The van der Waals surface area contributed by atoms with Crippen molar-refractivity contribution in [3.05, 3.63) is 52.6 Å². The summed E-state index contributed by atoms with van der Waals surface area (Å²) in [7, 11) is 0. The van der Waals surface area contributed by atoms with Crippen LogP contribution in [0.4, 0.5) is 11.5 Å². The predicted octanol–water partition coefficient (Wildman–Crippen LogP) is -0.430. The minimum absolute atomic E-state index is 0.119. The van der Waals surface area contributed by atoms with Gasteiger partial charge in [0.2, 0.25) is 5.91 Å².